The monoisotopic (exact) mass is 1090 g/mol. The molecule has 10 heteroatoms. The highest BCUT2D eigenvalue weighted by Crippen LogP contribution is 2.53. The Hall–Kier alpha value is -9.01. The van der Waals surface area contributed by atoms with E-state index in [-0.39, 0.29) is 35.1 Å². The van der Waals surface area contributed by atoms with Gasteiger partial charge in [0.2, 0.25) is 11.8 Å². The van der Waals surface area contributed by atoms with Gasteiger partial charge in [-0.2, -0.15) is 9.97 Å². The third kappa shape index (κ3) is 7.75. The van der Waals surface area contributed by atoms with Crippen LogP contribution in [0.25, 0.3) is 0 Å². The molecular weight excluding hydrogens is 1030 g/mol. The number of nitrogens with zero attached hydrogens (tertiary/aromatic N) is 5. The van der Waals surface area contributed by atoms with E-state index in [9.17, 15) is 0 Å². The Labute approximate surface area is 493 Å². The number of pyridine rings is 2. The molecule has 0 N–H and O–H groups in total. The first-order valence-corrected chi connectivity index (χ1v) is 30.0. The Balaban J connectivity index is 1.03. The van der Waals surface area contributed by atoms with Crippen LogP contribution in [0.4, 0.5) is 51.4 Å². The minimum atomic E-state index is -0.247. The van der Waals surface area contributed by atoms with Crippen LogP contribution in [0.2, 0.25) is 0 Å². The quantitative estimate of drug-likeness (QED) is 0.146. The van der Waals surface area contributed by atoms with Crippen molar-refractivity contribution in [1.82, 2.24) is 9.97 Å². The molecule has 4 aliphatic heterocycles. The van der Waals surface area contributed by atoms with Crippen molar-refractivity contribution in [2.45, 2.75) is 103 Å². The lowest BCUT2D eigenvalue weighted by atomic mass is 9.31. The summed E-state index contributed by atoms with van der Waals surface area (Å²) in [6, 6.07) is 72.0. The average Bonchev–Trinajstić information content (AvgIpc) is 0.761. The van der Waals surface area contributed by atoms with E-state index >= 15 is 0 Å². The van der Waals surface area contributed by atoms with Crippen molar-refractivity contribution in [3.05, 3.63) is 222 Å². The molecule has 84 heavy (non-hydrogen) atoms. The number of hydrogen-bond donors (Lipinski definition) is 0. The SMILES string of the molecule is CC1(C)CCC(C)(C)c2cc(N3c4cc5c(cc4B4c6ccccc6Oc6cc(Oc7ccccc7)nc3c64)B3c4ccccc4N(c4ccccc4)c4cc(Oc6ccccc6)nc(c43)N5c3ccc4c(c3)C(C)(C)CCC4(C)C)ccc21. The Morgan fingerprint density at radius 1 is 0.357 bits per heavy atom. The predicted molar refractivity (Wildman–Crippen MR) is 346 cm³/mol. The largest absolute Gasteiger partial charge is 0.458 e. The first-order valence-electron chi connectivity index (χ1n) is 30.0. The molecule has 8 aromatic carbocycles. The van der Waals surface area contributed by atoms with Crippen LogP contribution in [0.15, 0.2) is 200 Å². The molecule has 10 aromatic rings. The van der Waals surface area contributed by atoms with Crippen molar-refractivity contribution in [2.75, 3.05) is 14.7 Å². The van der Waals surface area contributed by atoms with Crippen LogP contribution in [-0.2, 0) is 21.7 Å². The zero-order valence-corrected chi connectivity index (χ0v) is 49.0. The number of ether oxygens (including phenoxy) is 3. The third-order valence-corrected chi connectivity index (χ3v) is 19.6. The van der Waals surface area contributed by atoms with Gasteiger partial charge in [0.25, 0.3) is 13.4 Å². The minimum absolute atomic E-state index is 0.00951. The van der Waals surface area contributed by atoms with Gasteiger partial charge in [-0.1, -0.05) is 165 Å². The van der Waals surface area contributed by atoms with Gasteiger partial charge in [0, 0.05) is 51.7 Å². The fourth-order valence-corrected chi connectivity index (χ4v) is 14.9. The molecule has 0 bridgehead atoms. The molecule has 2 aliphatic carbocycles. The lowest BCUT2D eigenvalue weighted by molar-refractivity contribution is 0.332. The molecule has 0 fully saturated rings. The number of anilines is 9. The number of hydrogen-bond acceptors (Lipinski definition) is 8. The second kappa shape index (κ2) is 18.2. The Morgan fingerprint density at radius 3 is 1.39 bits per heavy atom. The lowest BCUT2D eigenvalue weighted by Crippen LogP contribution is -2.65. The summed E-state index contributed by atoms with van der Waals surface area (Å²) >= 11 is 0. The number of benzene rings is 8. The summed E-state index contributed by atoms with van der Waals surface area (Å²) in [5.41, 5.74) is 19.6. The molecule has 0 radical (unpaired) electrons. The van der Waals surface area contributed by atoms with Crippen molar-refractivity contribution in [3.63, 3.8) is 0 Å². The molecule has 0 spiro atoms. The van der Waals surface area contributed by atoms with Gasteiger partial charge in [0.05, 0.1) is 5.69 Å². The lowest BCUT2D eigenvalue weighted by Gasteiger charge is -2.46. The Kier molecular flexibility index (Phi) is 11.0. The minimum Gasteiger partial charge on any atom is -0.458 e. The molecule has 8 nitrogen and oxygen atoms in total. The molecule has 2 aromatic heterocycles. The van der Waals surface area contributed by atoms with E-state index < -0.39 is 0 Å². The normalized spacial score (nSPS) is 17.2. The maximum atomic E-state index is 7.10. The van der Waals surface area contributed by atoms with Gasteiger partial charge in [0.15, 0.2) is 0 Å². The smallest absolute Gasteiger partial charge is 0.258 e. The molecule has 0 saturated heterocycles. The van der Waals surface area contributed by atoms with Crippen LogP contribution in [0, 0.1) is 0 Å². The van der Waals surface area contributed by atoms with E-state index in [1.807, 2.05) is 66.7 Å². The van der Waals surface area contributed by atoms with Crippen LogP contribution >= 0.6 is 0 Å². The van der Waals surface area contributed by atoms with Gasteiger partial charge in [-0.05, 0) is 176 Å². The summed E-state index contributed by atoms with van der Waals surface area (Å²) in [6.07, 6.45) is 4.40. The molecule has 0 atom stereocenters. The van der Waals surface area contributed by atoms with Crippen LogP contribution in [0.3, 0.4) is 0 Å². The Bertz CT molecular complexity index is 4350. The maximum Gasteiger partial charge on any atom is 0.258 e. The van der Waals surface area contributed by atoms with Gasteiger partial charge in [-0.15, -0.1) is 0 Å². The van der Waals surface area contributed by atoms with Gasteiger partial charge < -0.3 is 19.1 Å². The van der Waals surface area contributed by atoms with Crippen molar-refractivity contribution in [1.29, 1.82) is 0 Å². The Morgan fingerprint density at radius 2 is 0.821 bits per heavy atom. The van der Waals surface area contributed by atoms with E-state index in [0.29, 0.717) is 17.5 Å². The third-order valence-electron chi connectivity index (χ3n) is 19.6. The molecule has 16 rings (SSSR count). The summed E-state index contributed by atoms with van der Waals surface area (Å²) < 4.78 is 20.8. The fraction of sp³-hybridized carbons (Fsp3) is 0.216. The molecule has 0 amide bonds. The molecular formula is C74H65B2N5O3. The van der Waals surface area contributed by atoms with Crippen LogP contribution in [0.1, 0.15) is 103 Å². The first-order chi connectivity index (χ1) is 40.6. The summed E-state index contributed by atoms with van der Waals surface area (Å²) in [5, 5.41) is 0. The average molecular weight is 1090 g/mol. The van der Waals surface area contributed by atoms with Gasteiger partial charge in [0.1, 0.15) is 34.6 Å². The van der Waals surface area contributed by atoms with Crippen molar-refractivity contribution in [3.8, 4) is 34.8 Å². The molecule has 6 heterocycles. The van der Waals surface area contributed by atoms with Crippen molar-refractivity contribution in [2.24, 2.45) is 0 Å². The second-order valence-electron chi connectivity index (χ2n) is 26.6. The number of fused-ring (bicyclic) bond motifs is 10. The van der Waals surface area contributed by atoms with E-state index in [1.54, 1.807) is 0 Å². The van der Waals surface area contributed by atoms with Crippen LogP contribution in [0.5, 0.6) is 34.8 Å². The standard InChI is InChI=1S/C74H65B2N5O3/c1-71(2)36-38-73(5,6)53-40-47(32-34-51(53)71)80-60-43-61-58(42-57(60)75-55-28-18-20-30-59(55)79(46-22-12-9-13-23-46)62-44-65(77-69(80)67(62)75)82-49-24-14-10-15-25-49)76-56-29-19-21-31-63(56)84-64-45-66(83-50-26-16-11-17-27-50)78-70(68(64)76)81(61)48-33-35-52-54(41-48)74(7,8)39-37-72(52,3)4/h9-35,40-45H,36-39H2,1-8H3. The molecule has 0 unspecified atom stereocenters. The molecule has 0 saturated carbocycles. The summed E-state index contributed by atoms with van der Waals surface area (Å²) in [4.78, 5) is 18.8. The highest BCUT2D eigenvalue weighted by atomic mass is 16.5. The second-order valence-corrected chi connectivity index (χ2v) is 26.6. The fourth-order valence-electron chi connectivity index (χ4n) is 14.9. The number of rotatable bonds is 7. The number of para-hydroxylation sites is 5. The zero-order chi connectivity index (χ0) is 57.0. The number of aromatic nitrogens is 2. The van der Waals surface area contributed by atoms with Crippen molar-refractivity contribution >= 4 is 97.6 Å². The molecule has 410 valence electrons. The molecule has 6 aliphatic rings. The summed E-state index contributed by atoms with van der Waals surface area (Å²) in [7, 11) is 0. The highest BCUT2D eigenvalue weighted by molar-refractivity contribution is 7.02. The van der Waals surface area contributed by atoms with Crippen molar-refractivity contribution < 1.29 is 14.2 Å². The highest BCUT2D eigenvalue weighted by Gasteiger charge is 2.50. The van der Waals surface area contributed by atoms with E-state index in [1.165, 1.54) is 38.6 Å². The van der Waals surface area contributed by atoms with Gasteiger partial charge >= 0.3 is 0 Å². The van der Waals surface area contributed by atoms with Gasteiger partial charge in [-0.3, -0.25) is 9.80 Å². The van der Waals surface area contributed by atoms with Gasteiger partial charge in [-0.25, -0.2) is 0 Å². The zero-order valence-electron chi connectivity index (χ0n) is 49.0. The van der Waals surface area contributed by atoms with Crippen LogP contribution < -0.4 is 61.7 Å². The topological polar surface area (TPSA) is 63.2 Å². The van der Waals surface area contributed by atoms with E-state index in [4.69, 9.17) is 24.2 Å². The van der Waals surface area contributed by atoms with Crippen LogP contribution in [-0.4, -0.2) is 23.4 Å². The van der Waals surface area contributed by atoms with E-state index in [2.05, 4.69) is 204 Å². The first kappa shape index (κ1) is 50.7. The summed E-state index contributed by atoms with van der Waals surface area (Å²) in [5.74, 6) is 5.54. The van der Waals surface area contributed by atoms with E-state index in [0.717, 1.165) is 111 Å². The maximum absolute atomic E-state index is 7.10. The predicted octanol–water partition coefficient (Wildman–Crippen LogP) is 15.2. The summed E-state index contributed by atoms with van der Waals surface area (Å²) in [6.45, 7) is 18.8.